The van der Waals surface area contributed by atoms with E-state index in [1.165, 1.54) is 22.3 Å². The van der Waals surface area contributed by atoms with Crippen molar-refractivity contribution in [3.05, 3.63) is 120 Å². The Kier molecular flexibility index (Phi) is 5.50. The molecule has 0 saturated heterocycles. The van der Waals surface area contributed by atoms with Gasteiger partial charge >= 0.3 is 0 Å². The summed E-state index contributed by atoms with van der Waals surface area (Å²) in [6.45, 7) is 0. The molecular weight excluding hydrogens is 340 g/mol. The van der Waals surface area contributed by atoms with E-state index in [9.17, 15) is 0 Å². The van der Waals surface area contributed by atoms with Gasteiger partial charge in [-0.1, -0.05) is 72.8 Å². The van der Waals surface area contributed by atoms with Gasteiger partial charge < -0.3 is 0 Å². The fourth-order valence-corrected chi connectivity index (χ4v) is 2.91. The van der Waals surface area contributed by atoms with Crippen LogP contribution in [0.4, 0.5) is 0 Å². The smallest absolute Gasteiger partial charge is 0.0273 e. The monoisotopic (exact) mass is 360 g/mol. The molecule has 0 bridgehead atoms. The van der Waals surface area contributed by atoms with E-state index in [-0.39, 0.29) is 0 Å². The number of benzene rings is 2. The summed E-state index contributed by atoms with van der Waals surface area (Å²) in [5, 5.41) is 0. The molecule has 0 N–H and O–H groups in total. The highest BCUT2D eigenvalue weighted by Gasteiger charge is 1.98. The van der Waals surface area contributed by atoms with E-state index in [4.69, 9.17) is 0 Å². The standard InChI is InChI=1S/C26H20N2/c1(3-23-13-17-27-18-14-23)21-5-9-25(10-6-21)26-11-7-22(8-12-26)2-4-24-15-19-28-20-16-24/h1-20H. The predicted molar refractivity (Wildman–Crippen MR) is 118 cm³/mol. The normalized spacial score (nSPS) is 11.3. The summed E-state index contributed by atoms with van der Waals surface area (Å²) in [5.41, 5.74) is 7.08. The number of hydrogen-bond acceptors (Lipinski definition) is 2. The van der Waals surface area contributed by atoms with Gasteiger partial charge in [-0.25, -0.2) is 0 Å². The van der Waals surface area contributed by atoms with Crippen LogP contribution in [0.5, 0.6) is 0 Å². The predicted octanol–water partition coefficient (Wildman–Crippen LogP) is 6.48. The molecule has 2 aromatic carbocycles. The summed E-state index contributed by atoms with van der Waals surface area (Å²) in [4.78, 5) is 8.08. The van der Waals surface area contributed by atoms with Crippen molar-refractivity contribution >= 4 is 24.3 Å². The van der Waals surface area contributed by atoms with Crippen LogP contribution in [0.15, 0.2) is 97.6 Å². The molecule has 2 heterocycles. The Hall–Kier alpha value is -3.78. The summed E-state index contributed by atoms with van der Waals surface area (Å²) in [7, 11) is 0. The molecule has 134 valence electrons. The van der Waals surface area contributed by atoms with Gasteiger partial charge in [0.05, 0.1) is 0 Å². The molecule has 4 rings (SSSR count). The highest BCUT2D eigenvalue weighted by molar-refractivity contribution is 5.74. The van der Waals surface area contributed by atoms with Crippen LogP contribution in [-0.2, 0) is 0 Å². The van der Waals surface area contributed by atoms with Crippen molar-refractivity contribution in [1.29, 1.82) is 0 Å². The Balaban J connectivity index is 1.44. The van der Waals surface area contributed by atoms with Crippen LogP contribution in [0.3, 0.4) is 0 Å². The van der Waals surface area contributed by atoms with Crippen molar-refractivity contribution in [3.63, 3.8) is 0 Å². The number of aromatic nitrogens is 2. The molecule has 0 aliphatic rings. The van der Waals surface area contributed by atoms with Crippen LogP contribution in [0, 0.1) is 0 Å². The molecule has 0 atom stereocenters. The molecule has 0 fully saturated rings. The fraction of sp³-hybridized carbons (Fsp3) is 0. The maximum Gasteiger partial charge on any atom is 0.0273 e. The average Bonchev–Trinajstić information content (AvgIpc) is 2.78. The Bertz CT molecular complexity index is 972. The molecule has 2 aromatic heterocycles. The zero-order chi connectivity index (χ0) is 19.0. The Morgan fingerprint density at radius 2 is 0.643 bits per heavy atom. The van der Waals surface area contributed by atoms with Crippen molar-refractivity contribution in [1.82, 2.24) is 9.97 Å². The molecule has 0 aliphatic carbocycles. The molecule has 28 heavy (non-hydrogen) atoms. The largest absolute Gasteiger partial charge is 0.265 e. The first-order valence-corrected chi connectivity index (χ1v) is 9.23. The Labute approximate surface area is 165 Å². The van der Waals surface area contributed by atoms with Crippen LogP contribution in [0.2, 0.25) is 0 Å². The lowest BCUT2D eigenvalue weighted by atomic mass is 10.0. The van der Waals surface area contributed by atoms with Gasteiger partial charge in [-0.3, -0.25) is 9.97 Å². The minimum absolute atomic E-state index is 1.15. The number of hydrogen-bond donors (Lipinski definition) is 0. The number of rotatable bonds is 5. The van der Waals surface area contributed by atoms with Crippen molar-refractivity contribution in [2.24, 2.45) is 0 Å². The van der Waals surface area contributed by atoms with E-state index >= 15 is 0 Å². The van der Waals surface area contributed by atoms with Crippen LogP contribution in [-0.4, -0.2) is 9.97 Å². The first-order chi connectivity index (χ1) is 13.9. The summed E-state index contributed by atoms with van der Waals surface area (Å²) in [5.74, 6) is 0. The molecule has 4 aromatic rings. The van der Waals surface area contributed by atoms with Gasteiger partial charge in [0.15, 0.2) is 0 Å². The van der Waals surface area contributed by atoms with Gasteiger partial charge in [-0.05, 0) is 57.6 Å². The lowest BCUT2D eigenvalue weighted by Crippen LogP contribution is -1.80. The molecular formula is C26H20N2. The van der Waals surface area contributed by atoms with Gasteiger partial charge in [0.1, 0.15) is 0 Å². The highest BCUT2D eigenvalue weighted by atomic mass is 14.6. The Morgan fingerprint density at radius 1 is 0.357 bits per heavy atom. The van der Waals surface area contributed by atoms with Gasteiger partial charge in [0, 0.05) is 24.8 Å². The molecule has 0 amide bonds. The van der Waals surface area contributed by atoms with Crippen LogP contribution >= 0.6 is 0 Å². The van der Waals surface area contributed by atoms with Crippen molar-refractivity contribution < 1.29 is 0 Å². The maximum atomic E-state index is 4.04. The lowest BCUT2D eigenvalue weighted by molar-refractivity contribution is 1.32. The van der Waals surface area contributed by atoms with E-state index in [1.807, 2.05) is 24.3 Å². The first kappa shape index (κ1) is 17.6. The molecule has 2 heteroatoms. The fourth-order valence-electron chi connectivity index (χ4n) is 2.91. The molecule has 0 saturated carbocycles. The molecule has 2 nitrogen and oxygen atoms in total. The molecule has 0 radical (unpaired) electrons. The summed E-state index contributed by atoms with van der Waals surface area (Å²) >= 11 is 0. The summed E-state index contributed by atoms with van der Waals surface area (Å²) in [6.07, 6.45) is 15.6. The number of pyridine rings is 2. The number of nitrogens with zero attached hydrogens (tertiary/aromatic N) is 2. The third kappa shape index (κ3) is 4.68. The van der Waals surface area contributed by atoms with E-state index in [2.05, 4.69) is 82.8 Å². The maximum absolute atomic E-state index is 4.04. The van der Waals surface area contributed by atoms with Crippen LogP contribution < -0.4 is 0 Å². The van der Waals surface area contributed by atoms with Gasteiger partial charge in [-0.2, -0.15) is 0 Å². The quantitative estimate of drug-likeness (QED) is 0.407. The van der Waals surface area contributed by atoms with E-state index in [1.54, 1.807) is 24.8 Å². The van der Waals surface area contributed by atoms with Gasteiger partial charge in [0.25, 0.3) is 0 Å². The zero-order valence-electron chi connectivity index (χ0n) is 15.4. The second kappa shape index (κ2) is 8.74. The zero-order valence-corrected chi connectivity index (χ0v) is 15.4. The minimum Gasteiger partial charge on any atom is -0.265 e. The van der Waals surface area contributed by atoms with Gasteiger partial charge in [-0.15, -0.1) is 0 Å². The SMILES string of the molecule is C(=Cc1ccc(-c2ccc(C=Cc3ccncc3)cc2)cc1)c1ccncc1. The average molecular weight is 360 g/mol. The van der Waals surface area contributed by atoms with Crippen LogP contribution in [0.25, 0.3) is 35.4 Å². The highest BCUT2D eigenvalue weighted by Crippen LogP contribution is 2.22. The van der Waals surface area contributed by atoms with Crippen molar-refractivity contribution in [3.8, 4) is 11.1 Å². The molecule has 0 spiro atoms. The third-order valence-electron chi connectivity index (χ3n) is 4.50. The first-order valence-electron chi connectivity index (χ1n) is 9.23. The summed E-state index contributed by atoms with van der Waals surface area (Å²) < 4.78 is 0. The van der Waals surface area contributed by atoms with E-state index < -0.39 is 0 Å². The lowest BCUT2D eigenvalue weighted by Gasteiger charge is -2.03. The molecule has 0 aliphatic heterocycles. The Morgan fingerprint density at radius 3 is 0.964 bits per heavy atom. The second-order valence-corrected chi connectivity index (χ2v) is 6.47. The minimum atomic E-state index is 1.15. The van der Waals surface area contributed by atoms with Gasteiger partial charge in [0.2, 0.25) is 0 Å². The third-order valence-corrected chi connectivity index (χ3v) is 4.50. The summed E-state index contributed by atoms with van der Waals surface area (Å²) in [6, 6.07) is 25.2. The molecule has 0 unspecified atom stereocenters. The van der Waals surface area contributed by atoms with Crippen molar-refractivity contribution in [2.75, 3.05) is 0 Å². The van der Waals surface area contributed by atoms with E-state index in [0.29, 0.717) is 0 Å². The second-order valence-electron chi connectivity index (χ2n) is 6.47. The van der Waals surface area contributed by atoms with Crippen molar-refractivity contribution in [2.45, 2.75) is 0 Å². The topological polar surface area (TPSA) is 25.8 Å². The van der Waals surface area contributed by atoms with E-state index in [0.717, 1.165) is 11.1 Å². The van der Waals surface area contributed by atoms with Crippen LogP contribution in [0.1, 0.15) is 22.3 Å².